The molecule has 2 N–H and O–H groups in total. The van der Waals surface area contributed by atoms with Gasteiger partial charge in [-0.15, -0.1) is 0 Å². The van der Waals surface area contributed by atoms with Crippen LogP contribution in [0.15, 0.2) is 29.1 Å². The van der Waals surface area contributed by atoms with Crippen molar-refractivity contribution in [3.05, 3.63) is 40.4 Å². The molecule has 1 aliphatic heterocycles. The summed E-state index contributed by atoms with van der Waals surface area (Å²) in [5.74, 6) is 1.22. The summed E-state index contributed by atoms with van der Waals surface area (Å²) in [6.07, 6.45) is 1.09. The molecule has 2 heterocycles. The van der Waals surface area contributed by atoms with Gasteiger partial charge in [-0.1, -0.05) is 12.1 Å². The summed E-state index contributed by atoms with van der Waals surface area (Å²) in [5, 5.41) is 4.05. The van der Waals surface area contributed by atoms with Crippen LogP contribution in [0.2, 0.25) is 0 Å². The average molecular weight is 273 g/mol. The molecule has 106 valence electrons. The molecule has 1 aliphatic rings. The minimum atomic E-state index is -0.0794. The van der Waals surface area contributed by atoms with E-state index >= 15 is 0 Å². The van der Waals surface area contributed by atoms with Gasteiger partial charge in [0.15, 0.2) is 0 Å². The van der Waals surface area contributed by atoms with E-state index in [9.17, 15) is 4.79 Å². The van der Waals surface area contributed by atoms with Gasteiger partial charge in [0.2, 0.25) is 0 Å². The van der Waals surface area contributed by atoms with Crippen molar-refractivity contribution in [1.29, 1.82) is 0 Å². The fraction of sp³-hybridized carbons (Fsp3) is 0.467. The number of fused-ring (bicyclic) bond motifs is 1. The predicted octanol–water partition coefficient (Wildman–Crippen LogP) is 1.44. The Kier molecular flexibility index (Phi) is 3.80. The molecule has 5 heteroatoms. The van der Waals surface area contributed by atoms with Crippen molar-refractivity contribution in [3.63, 3.8) is 0 Å². The molecule has 5 nitrogen and oxygen atoms in total. The summed E-state index contributed by atoms with van der Waals surface area (Å²) in [5.41, 5.74) is 0.661. The summed E-state index contributed by atoms with van der Waals surface area (Å²) in [4.78, 5) is 19.3. The second kappa shape index (κ2) is 5.73. The van der Waals surface area contributed by atoms with Gasteiger partial charge in [0, 0.05) is 12.6 Å². The predicted molar refractivity (Wildman–Crippen MR) is 77.6 cm³/mol. The molecule has 1 fully saturated rings. The van der Waals surface area contributed by atoms with E-state index in [-0.39, 0.29) is 5.56 Å². The lowest BCUT2D eigenvalue weighted by molar-refractivity contribution is 0.178. The van der Waals surface area contributed by atoms with Gasteiger partial charge in [-0.05, 0) is 31.4 Å². The van der Waals surface area contributed by atoms with Gasteiger partial charge in [0.25, 0.3) is 5.56 Å². The third-order valence-electron chi connectivity index (χ3n) is 3.93. The van der Waals surface area contributed by atoms with Crippen LogP contribution in [0.3, 0.4) is 0 Å². The van der Waals surface area contributed by atoms with E-state index in [0.717, 1.165) is 25.2 Å². The Hall–Kier alpha value is -1.72. The summed E-state index contributed by atoms with van der Waals surface area (Å²) in [7, 11) is 0. The van der Waals surface area contributed by atoms with Crippen LogP contribution < -0.4 is 10.9 Å². The molecule has 0 aliphatic carbocycles. The van der Waals surface area contributed by atoms with Crippen LogP contribution in [0.4, 0.5) is 0 Å². The van der Waals surface area contributed by atoms with E-state index in [1.54, 1.807) is 6.07 Å². The lowest BCUT2D eigenvalue weighted by Gasteiger charge is -2.18. The van der Waals surface area contributed by atoms with Crippen molar-refractivity contribution in [1.82, 2.24) is 15.3 Å². The smallest absolute Gasteiger partial charge is 0.258 e. The van der Waals surface area contributed by atoms with Crippen LogP contribution in [0.5, 0.6) is 0 Å². The molecule has 2 unspecified atom stereocenters. The Balaban J connectivity index is 1.72. The Labute approximate surface area is 117 Å². The second-order valence-corrected chi connectivity index (χ2v) is 5.32. The maximum Gasteiger partial charge on any atom is 0.258 e. The van der Waals surface area contributed by atoms with Gasteiger partial charge < -0.3 is 15.0 Å². The van der Waals surface area contributed by atoms with E-state index in [1.807, 2.05) is 18.2 Å². The molecule has 0 radical (unpaired) electrons. The molecule has 1 saturated heterocycles. The molecule has 20 heavy (non-hydrogen) atoms. The highest BCUT2D eigenvalue weighted by Crippen LogP contribution is 2.16. The van der Waals surface area contributed by atoms with Gasteiger partial charge in [-0.2, -0.15) is 0 Å². The van der Waals surface area contributed by atoms with Crippen LogP contribution in [0, 0.1) is 5.92 Å². The van der Waals surface area contributed by atoms with Gasteiger partial charge in [0.05, 0.1) is 24.1 Å². The molecule has 0 spiro atoms. The fourth-order valence-corrected chi connectivity index (χ4v) is 2.59. The molecule has 2 atom stereocenters. The van der Waals surface area contributed by atoms with Gasteiger partial charge in [0.1, 0.15) is 5.82 Å². The minimum absolute atomic E-state index is 0.0794. The van der Waals surface area contributed by atoms with Crippen molar-refractivity contribution in [2.24, 2.45) is 5.92 Å². The Morgan fingerprint density at radius 1 is 1.50 bits per heavy atom. The molecule has 3 rings (SSSR count). The first-order chi connectivity index (χ1) is 9.74. The van der Waals surface area contributed by atoms with Crippen LogP contribution in [-0.2, 0) is 11.3 Å². The van der Waals surface area contributed by atoms with Crippen LogP contribution in [0.25, 0.3) is 10.9 Å². The first-order valence-corrected chi connectivity index (χ1v) is 7.03. The largest absolute Gasteiger partial charge is 0.381 e. The highest BCUT2D eigenvalue weighted by atomic mass is 16.5. The maximum atomic E-state index is 12.0. The molecule has 0 amide bonds. The van der Waals surface area contributed by atoms with Crippen molar-refractivity contribution in [2.75, 3.05) is 13.2 Å². The van der Waals surface area contributed by atoms with Crippen molar-refractivity contribution in [2.45, 2.75) is 25.9 Å². The van der Waals surface area contributed by atoms with Crippen LogP contribution in [-0.4, -0.2) is 29.2 Å². The molecular formula is C15H19N3O2. The van der Waals surface area contributed by atoms with Crippen molar-refractivity contribution >= 4 is 10.9 Å². The average Bonchev–Trinajstić information content (AvgIpc) is 2.99. The zero-order valence-electron chi connectivity index (χ0n) is 11.6. The third-order valence-corrected chi connectivity index (χ3v) is 3.93. The number of nitrogens with one attached hydrogen (secondary N) is 2. The highest BCUT2D eigenvalue weighted by Gasteiger charge is 2.21. The summed E-state index contributed by atoms with van der Waals surface area (Å²) >= 11 is 0. The monoisotopic (exact) mass is 273 g/mol. The quantitative estimate of drug-likeness (QED) is 0.884. The number of H-pyrrole nitrogens is 1. The standard InChI is InChI=1S/C15H19N3O2/c1-10(11-6-7-20-9-11)16-8-14-17-13-5-3-2-4-12(13)15(19)18-14/h2-5,10-11,16H,6-9H2,1H3,(H,17,18,19). The number of benzene rings is 1. The van der Waals surface area contributed by atoms with Crippen LogP contribution >= 0.6 is 0 Å². The zero-order chi connectivity index (χ0) is 13.9. The third kappa shape index (κ3) is 2.73. The topological polar surface area (TPSA) is 67.0 Å². The van der Waals surface area contributed by atoms with E-state index in [2.05, 4.69) is 22.2 Å². The SMILES string of the molecule is CC(NCc1nc2ccccc2c(=O)[nH]1)C1CCOC1. The lowest BCUT2D eigenvalue weighted by Crippen LogP contribution is -2.34. The summed E-state index contributed by atoms with van der Waals surface area (Å²) in [6.45, 7) is 4.38. The molecule has 0 bridgehead atoms. The number of rotatable bonds is 4. The van der Waals surface area contributed by atoms with E-state index < -0.39 is 0 Å². The van der Waals surface area contributed by atoms with Gasteiger partial charge in [-0.25, -0.2) is 4.98 Å². The van der Waals surface area contributed by atoms with E-state index in [1.165, 1.54) is 0 Å². The van der Waals surface area contributed by atoms with Gasteiger partial charge >= 0.3 is 0 Å². The number of para-hydroxylation sites is 1. The number of ether oxygens (including phenoxy) is 1. The molecular weight excluding hydrogens is 254 g/mol. The summed E-state index contributed by atoms with van der Waals surface area (Å²) in [6, 6.07) is 7.75. The van der Waals surface area contributed by atoms with E-state index in [4.69, 9.17) is 4.74 Å². The summed E-state index contributed by atoms with van der Waals surface area (Å²) < 4.78 is 5.39. The number of aromatic amines is 1. The zero-order valence-corrected chi connectivity index (χ0v) is 11.6. The van der Waals surface area contributed by atoms with Crippen molar-refractivity contribution < 1.29 is 4.74 Å². The van der Waals surface area contributed by atoms with Crippen LogP contribution in [0.1, 0.15) is 19.2 Å². The highest BCUT2D eigenvalue weighted by molar-refractivity contribution is 5.77. The van der Waals surface area contributed by atoms with Gasteiger partial charge in [-0.3, -0.25) is 4.79 Å². The first kappa shape index (κ1) is 13.3. The lowest BCUT2D eigenvalue weighted by atomic mass is 10.0. The van der Waals surface area contributed by atoms with E-state index in [0.29, 0.717) is 29.7 Å². The normalized spacial score (nSPS) is 20.4. The number of hydrogen-bond donors (Lipinski definition) is 2. The second-order valence-electron chi connectivity index (χ2n) is 5.32. The Morgan fingerprint density at radius 2 is 2.35 bits per heavy atom. The number of hydrogen-bond acceptors (Lipinski definition) is 4. The number of aromatic nitrogens is 2. The number of nitrogens with zero attached hydrogens (tertiary/aromatic N) is 1. The Bertz CT molecular complexity index is 647. The molecule has 1 aromatic carbocycles. The first-order valence-electron chi connectivity index (χ1n) is 7.03. The molecule has 2 aromatic rings. The maximum absolute atomic E-state index is 12.0. The minimum Gasteiger partial charge on any atom is -0.381 e. The molecule has 1 aromatic heterocycles. The fourth-order valence-electron chi connectivity index (χ4n) is 2.59. The van der Waals surface area contributed by atoms with Crippen molar-refractivity contribution in [3.8, 4) is 0 Å². The molecule has 0 saturated carbocycles. The Morgan fingerprint density at radius 3 is 3.15 bits per heavy atom.